The lowest BCUT2D eigenvalue weighted by atomic mass is 9.91. The molecule has 0 bridgehead atoms. The smallest absolute Gasteiger partial charge is 0.159 e. The normalized spacial score (nSPS) is 11.5. The molecule has 8 aromatic rings. The van der Waals surface area contributed by atoms with Crippen molar-refractivity contribution in [1.82, 2.24) is 0 Å². The van der Waals surface area contributed by atoms with Crippen LogP contribution in [0.1, 0.15) is 0 Å². The predicted octanol–water partition coefficient (Wildman–Crippen LogP) is 11.0. The Morgan fingerprint density at radius 1 is 0.400 bits per heavy atom. The summed E-state index contributed by atoms with van der Waals surface area (Å²) in [5, 5.41) is 7.13. The fraction of sp³-hybridized carbons (Fsp3) is 0. The van der Waals surface area contributed by atoms with Gasteiger partial charge in [0.05, 0.1) is 11.4 Å². The van der Waals surface area contributed by atoms with E-state index in [4.69, 9.17) is 4.42 Å². The second-order valence-electron chi connectivity index (χ2n) is 10.1. The average molecular weight is 512 g/mol. The van der Waals surface area contributed by atoms with Gasteiger partial charge in [0.2, 0.25) is 0 Å². The van der Waals surface area contributed by atoms with Crippen LogP contribution in [0.2, 0.25) is 0 Å². The van der Waals surface area contributed by atoms with Crippen molar-refractivity contribution in [3.8, 4) is 11.1 Å². The molecular weight excluding hydrogens is 486 g/mol. The number of nitrogens with zero attached hydrogens (tertiary/aromatic N) is 1. The SMILES string of the molecule is c1ccc(N(c2ccc3ccccc3c2-c2cccc3ccccc23)c2cccc3c2oc2ccccc23)cc1. The van der Waals surface area contributed by atoms with Gasteiger partial charge in [-0.2, -0.15) is 0 Å². The standard InChI is InChI=1S/C38H25NO/c1-2-15-28(16-3-1)39(35-22-11-21-33-31-19-8-9-23-36(31)40-38(33)35)34-25-24-27-13-5-7-18-30(27)37(34)32-20-10-14-26-12-4-6-17-29(26)32/h1-25H. The minimum Gasteiger partial charge on any atom is -0.454 e. The Labute approximate surface area is 232 Å². The monoisotopic (exact) mass is 511 g/mol. The van der Waals surface area contributed by atoms with Crippen molar-refractivity contribution < 1.29 is 4.42 Å². The fourth-order valence-corrected chi connectivity index (χ4v) is 6.07. The summed E-state index contributed by atoms with van der Waals surface area (Å²) >= 11 is 0. The Morgan fingerprint density at radius 2 is 1.02 bits per heavy atom. The number of anilines is 3. The molecule has 0 amide bonds. The third-order valence-electron chi connectivity index (χ3n) is 7.85. The first-order valence-corrected chi connectivity index (χ1v) is 13.6. The van der Waals surface area contributed by atoms with Gasteiger partial charge in [-0.25, -0.2) is 0 Å². The Bertz CT molecular complexity index is 2170. The molecule has 0 unspecified atom stereocenters. The maximum atomic E-state index is 6.57. The summed E-state index contributed by atoms with van der Waals surface area (Å²) < 4.78 is 6.57. The van der Waals surface area contributed by atoms with Crippen molar-refractivity contribution in [3.63, 3.8) is 0 Å². The molecule has 188 valence electrons. The van der Waals surface area contributed by atoms with E-state index in [9.17, 15) is 0 Å². The van der Waals surface area contributed by atoms with E-state index >= 15 is 0 Å². The molecule has 1 heterocycles. The van der Waals surface area contributed by atoms with Gasteiger partial charge in [-0.15, -0.1) is 0 Å². The summed E-state index contributed by atoms with van der Waals surface area (Å²) in [6.45, 7) is 0. The Kier molecular flexibility index (Phi) is 5.17. The van der Waals surface area contributed by atoms with Crippen LogP contribution in [0.3, 0.4) is 0 Å². The predicted molar refractivity (Wildman–Crippen MR) is 169 cm³/mol. The van der Waals surface area contributed by atoms with E-state index in [2.05, 4.69) is 144 Å². The second kappa shape index (κ2) is 9.14. The molecule has 0 aliphatic rings. The molecule has 1 aromatic heterocycles. The third kappa shape index (κ3) is 3.50. The highest BCUT2D eigenvalue weighted by Gasteiger charge is 2.23. The van der Waals surface area contributed by atoms with E-state index in [1.807, 2.05) is 12.1 Å². The quantitative estimate of drug-likeness (QED) is 0.234. The van der Waals surface area contributed by atoms with Gasteiger partial charge in [0.15, 0.2) is 5.58 Å². The van der Waals surface area contributed by atoms with E-state index in [-0.39, 0.29) is 0 Å². The van der Waals surface area contributed by atoms with Crippen LogP contribution in [0.5, 0.6) is 0 Å². The van der Waals surface area contributed by atoms with Crippen molar-refractivity contribution in [2.24, 2.45) is 0 Å². The molecule has 0 fully saturated rings. The van der Waals surface area contributed by atoms with Crippen molar-refractivity contribution >= 4 is 60.5 Å². The van der Waals surface area contributed by atoms with Gasteiger partial charge in [0.1, 0.15) is 5.58 Å². The molecule has 0 saturated heterocycles. The number of rotatable bonds is 4. The summed E-state index contributed by atoms with van der Waals surface area (Å²) in [5.41, 5.74) is 7.38. The van der Waals surface area contributed by atoms with Gasteiger partial charge in [0, 0.05) is 22.0 Å². The zero-order valence-electron chi connectivity index (χ0n) is 21.8. The first kappa shape index (κ1) is 22.6. The minimum atomic E-state index is 0.879. The first-order chi connectivity index (χ1) is 19.9. The van der Waals surface area contributed by atoms with Gasteiger partial charge >= 0.3 is 0 Å². The number of fused-ring (bicyclic) bond motifs is 5. The Morgan fingerprint density at radius 3 is 1.88 bits per heavy atom. The molecule has 0 aliphatic carbocycles. The zero-order valence-corrected chi connectivity index (χ0v) is 21.8. The second-order valence-corrected chi connectivity index (χ2v) is 10.1. The van der Waals surface area contributed by atoms with Gasteiger partial charge in [-0.1, -0.05) is 121 Å². The van der Waals surface area contributed by atoms with Crippen LogP contribution in [0, 0.1) is 0 Å². The summed E-state index contributed by atoms with van der Waals surface area (Å²) in [7, 11) is 0. The fourth-order valence-electron chi connectivity index (χ4n) is 6.07. The topological polar surface area (TPSA) is 16.4 Å². The highest BCUT2D eigenvalue weighted by molar-refractivity contribution is 6.14. The number of hydrogen-bond acceptors (Lipinski definition) is 2. The van der Waals surface area contributed by atoms with Crippen LogP contribution in [-0.4, -0.2) is 0 Å². The molecule has 0 spiro atoms. The van der Waals surface area contributed by atoms with Crippen molar-refractivity contribution in [2.45, 2.75) is 0 Å². The molecule has 40 heavy (non-hydrogen) atoms. The molecule has 0 radical (unpaired) electrons. The van der Waals surface area contributed by atoms with Crippen LogP contribution in [0.15, 0.2) is 156 Å². The van der Waals surface area contributed by atoms with Crippen LogP contribution < -0.4 is 4.90 Å². The number of para-hydroxylation sites is 3. The van der Waals surface area contributed by atoms with E-state index in [0.717, 1.165) is 39.0 Å². The molecule has 0 atom stereocenters. The van der Waals surface area contributed by atoms with E-state index < -0.39 is 0 Å². The lowest BCUT2D eigenvalue weighted by Crippen LogP contribution is -2.11. The molecular formula is C38H25NO. The maximum absolute atomic E-state index is 6.57. The average Bonchev–Trinajstić information content (AvgIpc) is 3.41. The largest absolute Gasteiger partial charge is 0.454 e. The van der Waals surface area contributed by atoms with Crippen molar-refractivity contribution in [1.29, 1.82) is 0 Å². The summed E-state index contributed by atoms with van der Waals surface area (Å²) in [4.78, 5) is 2.36. The molecule has 8 rings (SSSR count). The molecule has 7 aromatic carbocycles. The van der Waals surface area contributed by atoms with Crippen molar-refractivity contribution in [2.75, 3.05) is 4.90 Å². The number of hydrogen-bond donors (Lipinski definition) is 0. The van der Waals surface area contributed by atoms with E-state index in [1.165, 1.54) is 32.7 Å². The Hall–Kier alpha value is -5.34. The minimum absolute atomic E-state index is 0.879. The molecule has 2 nitrogen and oxygen atoms in total. The lowest BCUT2D eigenvalue weighted by Gasteiger charge is -2.29. The van der Waals surface area contributed by atoms with Crippen molar-refractivity contribution in [3.05, 3.63) is 152 Å². The Balaban J connectivity index is 1.51. The summed E-state index contributed by atoms with van der Waals surface area (Å²) in [6, 6.07) is 53.7. The molecule has 2 heteroatoms. The first-order valence-electron chi connectivity index (χ1n) is 13.6. The number of furan rings is 1. The van der Waals surface area contributed by atoms with E-state index in [0.29, 0.717) is 0 Å². The van der Waals surface area contributed by atoms with Crippen LogP contribution in [0.4, 0.5) is 17.1 Å². The van der Waals surface area contributed by atoms with E-state index in [1.54, 1.807) is 0 Å². The highest BCUT2D eigenvalue weighted by Crippen LogP contribution is 2.48. The summed E-state index contributed by atoms with van der Waals surface area (Å²) in [5.74, 6) is 0. The van der Waals surface area contributed by atoms with Crippen LogP contribution in [-0.2, 0) is 0 Å². The van der Waals surface area contributed by atoms with Crippen LogP contribution >= 0.6 is 0 Å². The molecule has 0 aliphatic heterocycles. The molecule has 0 saturated carbocycles. The third-order valence-corrected chi connectivity index (χ3v) is 7.85. The number of benzene rings is 7. The van der Waals surface area contributed by atoms with Gasteiger partial charge < -0.3 is 9.32 Å². The van der Waals surface area contributed by atoms with Gasteiger partial charge in [-0.3, -0.25) is 0 Å². The molecule has 0 N–H and O–H groups in total. The zero-order chi connectivity index (χ0) is 26.5. The maximum Gasteiger partial charge on any atom is 0.159 e. The van der Waals surface area contributed by atoms with Gasteiger partial charge in [-0.05, 0) is 57.4 Å². The highest BCUT2D eigenvalue weighted by atomic mass is 16.3. The lowest BCUT2D eigenvalue weighted by molar-refractivity contribution is 0.669. The summed E-state index contributed by atoms with van der Waals surface area (Å²) in [6.07, 6.45) is 0. The van der Waals surface area contributed by atoms with Crippen LogP contribution in [0.25, 0.3) is 54.6 Å². The van der Waals surface area contributed by atoms with Gasteiger partial charge in [0.25, 0.3) is 0 Å².